The predicted octanol–water partition coefficient (Wildman–Crippen LogP) is 2.16. The number of alkyl halides is 3. The van der Waals surface area contributed by atoms with Crippen LogP contribution in [0.1, 0.15) is 19.4 Å². The van der Waals surface area contributed by atoms with Gasteiger partial charge in [-0.1, -0.05) is 0 Å². The van der Waals surface area contributed by atoms with Crippen molar-refractivity contribution in [2.24, 2.45) is 5.84 Å². The Morgan fingerprint density at radius 1 is 1.33 bits per heavy atom. The van der Waals surface area contributed by atoms with Gasteiger partial charge in [-0.25, -0.2) is 10.8 Å². The van der Waals surface area contributed by atoms with Crippen LogP contribution in [-0.4, -0.2) is 43.1 Å². The molecule has 21 heavy (non-hydrogen) atoms. The molecule has 1 heterocycles. The van der Waals surface area contributed by atoms with Gasteiger partial charge in [-0.05, 0) is 40.1 Å². The van der Waals surface area contributed by atoms with Crippen molar-refractivity contribution in [2.75, 3.05) is 37.5 Å². The molecular formula is C13H22F3N5. The van der Waals surface area contributed by atoms with Crippen molar-refractivity contribution < 1.29 is 13.2 Å². The number of nitrogens with two attached hydrogens (primary N) is 1. The number of hydrogen-bond acceptors (Lipinski definition) is 5. The van der Waals surface area contributed by atoms with Crippen LogP contribution in [0.2, 0.25) is 0 Å². The Kier molecular flexibility index (Phi) is 5.79. The normalized spacial score (nSPS) is 13.4. The number of likely N-dealkylation sites (N-methyl/N-ethyl adjacent to an activating group) is 2. The van der Waals surface area contributed by atoms with Gasteiger partial charge in [-0.15, -0.1) is 0 Å². The van der Waals surface area contributed by atoms with Gasteiger partial charge in [0, 0.05) is 19.1 Å². The summed E-state index contributed by atoms with van der Waals surface area (Å²) in [4.78, 5) is 7.93. The number of nitrogens with one attached hydrogen (secondary N) is 1. The summed E-state index contributed by atoms with van der Waals surface area (Å²) in [7, 11) is 3.83. The van der Waals surface area contributed by atoms with Gasteiger partial charge in [0.1, 0.15) is 11.6 Å². The third-order valence-electron chi connectivity index (χ3n) is 3.08. The Morgan fingerprint density at radius 3 is 2.38 bits per heavy atom. The highest BCUT2D eigenvalue weighted by Crippen LogP contribution is 2.33. The summed E-state index contributed by atoms with van der Waals surface area (Å²) in [5.74, 6) is 5.48. The van der Waals surface area contributed by atoms with E-state index >= 15 is 0 Å². The maximum Gasteiger partial charge on any atom is 0.416 e. The fourth-order valence-electron chi connectivity index (χ4n) is 2.23. The molecule has 0 saturated heterocycles. The molecule has 3 N–H and O–H groups in total. The molecule has 0 aliphatic rings. The van der Waals surface area contributed by atoms with E-state index < -0.39 is 11.7 Å². The monoisotopic (exact) mass is 305 g/mol. The molecule has 1 unspecified atom stereocenters. The lowest BCUT2D eigenvalue weighted by Gasteiger charge is -2.31. The first-order chi connectivity index (χ1) is 9.68. The lowest BCUT2D eigenvalue weighted by Crippen LogP contribution is -2.40. The number of hydrogen-bond donors (Lipinski definition) is 2. The first kappa shape index (κ1) is 17.5. The Morgan fingerprint density at radius 2 is 1.95 bits per heavy atom. The molecule has 0 spiro atoms. The van der Waals surface area contributed by atoms with Crippen LogP contribution in [-0.2, 0) is 6.18 Å². The molecule has 0 aromatic carbocycles. The van der Waals surface area contributed by atoms with E-state index in [1.54, 1.807) is 0 Å². The lowest BCUT2D eigenvalue weighted by molar-refractivity contribution is -0.137. The number of hydrazine groups is 1. The van der Waals surface area contributed by atoms with Crippen LogP contribution in [0.15, 0.2) is 12.1 Å². The smallest absolute Gasteiger partial charge is 0.353 e. The van der Waals surface area contributed by atoms with Gasteiger partial charge in [0.2, 0.25) is 0 Å². The standard InChI is InChI=1S/C13H22F3N5/c1-5-21(9(2)8-20(3)4)12-7-10(13(14,15)16)6-11(18-12)19-17/h6-7,9H,5,8,17H2,1-4H3,(H,18,19). The van der Waals surface area contributed by atoms with Crippen LogP contribution in [0.3, 0.4) is 0 Å². The van der Waals surface area contributed by atoms with Crippen LogP contribution >= 0.6 is 0 Å². The highest BCUT2D eigenvalue weighted by atomic mass is 19.4. The van der Waals surface area contributed by atoms with Gasteiger partial charge < -0.3 is 15.2 Å². The van der Waals surface area contributed by atoms with Crippen LogP contribution in [0.4, 0.5) is 24.8 Å². The third-order valence-corrected chi connectivity index (χ3v) is 3.08. The summed E-state index contributed by atoms with van der Waals surface area (Å²) in [5, 5.41) is 0. The minimum atomic E-state index is -4.44. The number of nitrogen functional groups attached to an aromatic ring is 1. The molecule has 0 fully saturated rings. The van der Waals surface area contributed by atoms with E-state index in [-0.39, 0.29) is 17.7 Å². The second-order valence-electron chi connectivity index (χ2n) is 5.14. The van der Waals surface area contributed by atoms with Gasteiger partial charge in [0.05, 0.1) is 5.56 Å². The van der Waals surface area contributed by atoms with E-state index in [0.29, 0.717) is 13.1 Å². The summed E-state index contributed by atoms with van der Waals surface area (Å²) in [6.45, 7) is 5.08. The quantitative estimate of drug-likeness (QED) is 0.623. The number of nitrogens with zero attached hydrogens (tertiary/aromatic N) is 3. The zero-order chi connectivity index (χ0) is 16.2. The molecule has 0 aliphatic carbocycles. The predicted molar refractivity (Wildman–Crippen MR) is 78.1 cm³/mol. The molecule has 5 nitrogen and oxygen atoms in total. The maximum atomic E-state index is 12.9. The number of pyridine rings is 1. The van der Waals surface area contributed by atoms with Crippen molar-refractivity contribution in [3.05, 3.63) is 17.7 Å². The summed E-state index contributed by atoms with van der Waals surface area (Å²) in [6, 6.07) is 1.97. The molecule has 1 aromatic rings. The van der Waals surface area contributed by atoms with Crippen molar-refractivity contribution in [1.29, 1.82) is 0 Å². The molecular weight excluding hydrogens is 283 g/mol. The molecule has 0 radical (unpaired) electrons. The van der Waals surface area contributed by atoms with Crippen molar-refractivity contribution >= 4 is 11.6 Å². The van der Waals surface area contributed by atoms with Crippen molar-refractivity contribution in [3.8, 4) is 0 Å². The number of aromatic nitrogens is 1. The second-order valence-corrected chi connectivity index (χ2v) is 5.14. The van der Waals surface area contributed by atoms with Gasteiger partial charge in [-0.3, -0.25) is 0 Å². The molecule has 120 valence electrons. The average Bonchev–Trinajstić information content (AvgIpc) is 2.37. The molecule has 0 saturated carbocycles. The first-order valence-electron chi connectivity index (χ1n) is 6.66. The SMILES string of the molecule is CCN(c1cc(C(F)(F)F)cc(NN)n1)C(C)CN(C)C. The lowest BCUT2D eigenvalue weighted by atomic mass is 10.2. The largest absolute Gasteiger partial charge is 0.416 e. The number of anilines is 2. The number of rotatable bonds is 6. The summed E-state index contributed by atoms with van der Waals surface area (Å²) in [5.41, 5.74) is 1.42. The molecule has 1 rings (SSSR count). The first-order valence-corrected chi connectivity index (χ1v) is 6.66. The van der Waals surface area contributed by atoms with Gasteiger partial charge in [0.15, 0.2) is 0 Å². The zero-order valence-electron chi connectivity index (χ0n) is 12.7. The van der Waals surface area contributed by atoms with Crippen molar-refractivity contribution in [1.82, 2.24) is 9.88 Å². The van der Waals surface area contributed by atoms with E-state index in [2.05, 4.69) is 10.4 Å². The van der Waals surface area contributed by atoms with Gasteiger partial charge in [0.25, 0.3) is 0 Å². The highest BCUT2D eigenvalue weighted by molar-refractivity contribution is 5.51. The van der Waals surface area contributed by atoms with E-state index in [1.165, 1.54) is 0 Å². The zero-order valence-corrected chi connectivity index (χ0v) is 12.7. The van der Waals surface area contributed by atoms with Crippen LogP contribution < -0.4 is 16.2 Å². The second kappa shape index (κ2) is 6.95. The van der Waals surface area contributed by atoms with Crippen LogP contribution in [0, 0.1) is 0 Å². The molecule has 8 heteroatoms. The van der Waals surface area contributed by atoms with Crippen molar-refractivity contribution in [2.45, 2.75) is 26.1 Å². The minimum Gasteiger partial charge on any atom is -0.353 e. The molecule has 0 aliphatic heterocycles. The van der Waals surface area contributed by atoms with Crippen LogP contribution in [0.25, 0.3) is 0 Å². The Balaban J connectivity index is 3.19. The third kappa shape index (κ3) is 4.75. The molecule has 0 amide bonds. The topological polar surface area (TPSA) is 57.4 Å². The highest BCUT2D eigenvalue weighted by Gasteiger charge is 2.32. The van der Waals surface area contributed by atoms with E-state index in [9.17, 15) is 13.2 Å². The van der Waals surface area contributed by atoms with Gasteiger partial charge >= 0.3 is 6.18 Å². The van der Waals surface area contributed by atoms with E-state index in [1.807, 2.05) is 37.7 Å². The Bertz CT molecular complexity index is 462. The fourth-order valence-corrected chi connectivity index (χ4v) is 2.23. The summed E-state index contributed by atoms with van der Waals surface area (Å²) in [6.07, 6.45) is -4.44. The fraction of sp³-hybridized carbons (Fsp3) is 0.615. The Hall–Kier alpha value is -1.54. The Labute approximate surface area is 122 Å². The summed E-state index contributed by atoms with van der Waals surface area (Å²) < 4.78 is 38.8. The maximum absolute atomic E-state index is 12.9. The van der Waals surface area contributed by atoms with Crippen molar-refractivity contribution in [3.63, 3.8) is 0 Å². The molecule has 1 atom stereocenters. The van der Waals surface area contributed by atoms with E-state index in [0.717, 1.165) is 12.1 Å². The van der Waals surface area contributed by atoms with Gasteiger partial charge in [-0.2, -0.15) is 13.2 Å². The van der Waals surface area contributed by atoms with E-state index in [4.69, 9.17) is 5.84 Å². The molecule has 1 aromatic heterocycles. The molecule has 0 bridgehead atoms. The summed E-state index contributed by atoms with van der Waals surface area (Å²) >= 11 is 0. The number of halogens is 3. The van der Waals surface area contributed by atoms with Crippen LogP contribution in [0.5, 0.6) is 0 Å². The average molecular weight is 305 g/mol. The minimum absolute atomic E-state index is 0.00433.